The summed E-state index contributed by atoms with van der Waals surface area (Å²) < 4.78 is 35.8. The minimum absolute atomic E-state index is 0.0132. The zero-order valence-corrected chi connectivity index (χ0v) is 32.1. The van der Waals surface area contributed by atoms with E-state index >= 15 is 4.39 Å². The van der Waals surface area contributed by atoms with Crippen LogP contribution in [0.1, 0.15) is 75.7 Å². The molecule has 2 N–H and O–H groups in total. The number of hydrogen-bond acceptors (Lipinski definition) is 8. The van der Waals surface area contributed by atoms with Crippen molar-refractivity contribution in [3.05, 3.63) is 118 Å². The second kappa shape index (κ2) is 15.1. The Labute approximate surface area is 331 Å². The molecule has 3 saturated heterocycles. The molecule has 0 radical (unpaired) electrons. The van der Waals surface area contributed by atoms with Crippen molar-refractivity contribution in [1.29, 1.82) is 0 Å². The van der Waals surface area contributed by atoms with Crippen LogP contribution < -0.4 is 19.9 Å². The van der Waals surface area contributed by atoms with E-state index in [0.717, 1.165) is 62.3 Å². The Kier molecular flexibility index (Phi) is 9.84. The first kappa shape index (κ1) is 37.1. The van der Waals surface area contributed by atoms with Gasteiger partial charge in [0.05, 0.1) is 12.3 Å². The van der Waals surface area contributed by atoms with Crippen LogP contribution in [-0.4, -0.2) is 91.1 Å². The topological polar surface area (TPSA) is 106 Å². The standard InChI is InChI=1S/C45H47F2N5O5/c1-27-20-30(4-9-37(27)46)36-26-57-41-22-33(53)7-8-34(41)43(36)29-2-5-32(6-3-29)50-14-12-28(13-15-50)24-49-16-18-51(19-17-49)40-21-31-25-52(45(56)35(31)23-38(40)47)39-10-11-42(54)48-44(39)55/h2-9,20-23,28,36,39,43,53H,10-19,24-26H2,1H3,(H,48,54,55)/t36?,39-,43+/m0/s1. The maximum absolute atomic E-state index is 15.5. The van der Waals surface area contributed by atoms with Gasteiger partial charge in [0.2, 0.25) is 11.8 Å². The third kappa shape index (κ3) is 7.20. The van der Waals surface area contributed by atoms with E-state index in [2.05, 4.69) is 44.3 Å². The van der Waals surface area contributed by atoms with Crippen molar-refractivity contribution in [3.63, 3.8) is 0 Å². The Bertz CT molecular complexity index is 2220. The maximum Gasteiger partial charge on any atom is 0.255 e. The number of phenolic OH excluding ortho intramolecular Hbond substituents is 1. The Hall–Kier alpha value is -5.49. The average molecular weight is 776 g/mol. The van der Waals surface area contributed by atoms with E-state index in [9.17, 15) is 23.9 Å². The number of halogens is 2. The number of hydrogen-bond donors (Lipinski definition) is 2. The molecule has 296 valence electrons. The predicted octanol–water partition coefficient (Wildman–Crippen LogP) is 6.09. The molecule has 5 aliphatic rings. The first-order valence-corrected chi connectivity index (χ1v) is 20.1. The van der Waals surface area contributed by atoms with E-state index in [-0.39, 0.29) is 54.6 Å². The number of carbonyl (C=O) groups excluding carboxylic acids is 3. The summed E-state index contributed by atoms with van der Waals surface area (Å²) in [5.41, 5.74) is 6.48. The van der Waals surface area contributed by atoms with Crippen LogP contribution in [0, 0.1) is 24.5 Å². The summed E-state index contributed by atoms with van der Waals surface area (Å²) in [6, 6.07) is 21.8. The van der Waals surface area contributed by atoms with Gasteiger partial charge in [0.15, 0.2) is 0 Å². The molecule has 1 unspecified atom stereocenters. The van der Waals surface area contributed by atoms with Crippen LogP contribution in [0.25, 0.3) is 0 Å². The maximum atomic E-state index is 15.5. The van der Waals surface area contributed by atoms with Crippen molar-refractivity contribution < 1.29 is 33.0 Å². The highest BCUT2D eigenvalue weighted by atomic mass is 19.1. The number of rotatable bonds is 7. The number of phenols is 1. The SMILES string of the molecule is Cc1cc(C2COc3cc(O)ccc3[C@H]2c2ccc(N3CCC(CN4CCN(c5cc6c(cc5F)C(=O)N([C@H]5CCC(=O)NC5=O)C6)CC4)CC3)cc2)ccc1F. The smallest absolute Gasteiger partial charge is 0.255 e. The molecule has 0 aliphatic carbocycles. The Morgan fingerprint density at radius 3 is 2.30 bits per heavy atom. The number of aryl methyl sites for hydroxylation is 1. The lowest BCUT2D eigenvalue weighted by molar-refractivity contribution is -0.136. The largest absolute Gasteiger partial charge is 0.508 e. The summed E-state index contributed by atoms with van der Waals surface area (Å²) in [7, 11) is 0. The molecule has 5 aliphatic heterocycles. The molecule has 3 amide bonds. The van der Waals surface area contributed by atoms with Gasteiger partial charge in [0.1, 0.15) is 29.2 Å². The fraction of sp³-hybridized carbons (Fsp3) is 0.400. The van der Waals surface area contributed by atoms with Crippen molar-refractivity contribution >= 4 is 29.1 Å². The zero-order valence-electron chi connectivity index (χ0n) is 32.1. The van der Waals surface area contributed by atoms with Crippen LogP contribution >= 0.6 is 0 Å². The molecule has 5 heterocycles. The summed E-state index contributed by atoms with van der Waals surface area (Å²) in [6.07, 6.45) is 2.62. The molecular formula is C45H47F2N5O5. The van der Waals surface area contributed by atoms with E-state index in [1.165, 1.54) is 22.7 Å². The number of nitrogens with zero attached hydrogens (tertiary/aromatic N) is 4. The fourth-order valence-electron chi connectivity index (χ4n) is 9.62. The monoisotopic (exact) mass is 775 g/mol. The highest BCUT2D eigenvalue weighted by Gasteiger charge is 2.40. The van der Waals surface area contributed by atoms with Crippen molar-refractivity contribution in [1.82, 2.24) is 15.1 Å². The minimum atomic E-state index is -0.726. The van der Waals surface area contributed by atoms with Crippen molar-refractivity contribution in [2.45, 2.75) is 57.0 Å². The molecule has 0 bridgehead atoms. The van der Waals surface area contributed by atoms with E-state index in [1.807, 2.05) is 18.2 Å². The van der Waals surface area contributed by atoms with Crippen LogP contribution in [0.4, 0.5) is 20.2 Å². The summed E-state index contributed by atoms with van der Waals surface area (Å²) in [5.74, 6) is -0.444. The quantitative estimate of drug-likeness (QED) is 0.218. The van der Waals surface area contributed by atoms with Gasteiger partial charge in [-0.1, -0.05) is 30.3 Å². The van der Waals surface area contributed by atoms with Gasteiger partial charge in [-0.05, 0) is 90.8 Å². The number of piperazine rings is 1. The van der Waals surface area contributed by atoms with E-state index in [1.54, 1.807) is 25.1 Å². The van der Waals surface area contributed by atoms with Gasteiger partial charge >= 0.3 is 0 Å². The summed E-state index contributed by atoms with van der Waals surface area (Å²) in [6.45, 7) is 8.41. The number of benzene rings is 4. The van der Waals surface area contributed by atoms with E-state index in [4.69, 9.17) is 4.74 Å². The lowest BCUT2D eigenvalue weighted by atomic mass is 9.75. The molecule has 10 nitrogen and oxygen atoms in total. The normalized spacial score (nSPS) is 23.0. The molecule has 0 saturated carbocycles. The predicted molar refractivity (Wildman–Crippen MR) is 212 cm³/mol. The van der Waals surface area contributed by atoms with Gasteiger partial charge in [-0.3, -0.25) is 24.6 Å². The molecule has 3 atom stereocenters. The third-order valence-corrected chi connectivity index (χ3v) is 12.8. The van der Waals surface area contributed by atoms with E-state index < -0.39 is 17.8 Å². The average Bonchev–Trinajstić information content (AvgIpc) is 3.53. The van der Waals surface area contributed by atoms with Crippen LogP contribution in [0.3, 0.4) is 0 Å². The number of amides is 3. The van der Waals surface area contributed by atoms with Crippen molar-refractivity contribution in [2.24, 2.45) is 5.92 Å². The number of ether oxygens (including phenoxy) is 1. The molecule has 57 heavy (non-hydrogen) atoms. The number of nitrogens with one attached hydrogen (secondary N) is 1. The molecule has 3 fully saturated rings. The van der Waals surface area contributed by atoms with Gasteiger partial charge < -0.3 is 24.5 Å². The second-order valence-corrected chi connectivity index (χ2v) is 16.3. The number of aromatic hydroxyl groups is 1. The van der Waals surface area contributed by atoms with Crippen LogP contribution in [-0.2, 0) is 16.1 Å². The van der Waals surface area contributed by atoms with Crippen LogP contribution in [0.5, 0.6) is 11.5 Å². The molecule has 0 spiro atoms. The Morgan fingerprint density at radius 2 is 1.56 bits per heavy atom. The second-order valence-electron chi connectivity index (χ2n) is 16.3. The number of piperidine rings is 2. The molecule has 4 aromatic rings. The fourth-order valence-corrected chi connectivity index (χ4v) is 9.62. The van der Waals surface area contributed by atoms with Crippen LogP contribution in [0.2, 0.25) is 0 Å². The number of fused-ring (bicyclic) bond motifs is 2. The van der Waals surface area contributed by atoms with Crippen molar-refractivity contribution in [3.8, 4) is 11.5 Å². The summed E-state index contributed by atoms with van der Waals surface area (Å²) in [4.78, 5) is 45.7. The van der Waals surface area contributed by atoms with Gasteiger partial charge in [-0.2, -0.15) is 0 Å². The number of anilines is 2. The first-order valence-electron chi connectivity index (χ1n) is 20.1. The molecule has 4 aromatic carbocycles. The lowest BCUT2D eigenvalue weighted by Crippen LogP contribution is -2.52. The number of imide groups is 1. The summed E-state index contributed by atoms with van der Waals surface area (Å²) >= 11 is 0. The molecular weight excluding hydrogens is 729 g/mol. The molecule has 12 heteroatoms. The summed E-state index contributed by atoms with van der Waals surface area (Å²) in [5, 5.41) is 12.5. The van der Waals surface area contributed by atoms with Gasteiger partial charge in [0.25, 0.3) is 5.91 Å². The Morgan fingerprint density at radius 1 is 0.807 bits per heavy atom. The Balaban J connectivity index is 0.797. The van der Waals surface area contributed by atoms with Gasteiger partial charge in [0, 0.05) is 93.5 Å². The van der Waals surface area contributed by atoms with Gasteiger partial charge in [-0.15, -0.1) is 0 Å². The minimum Gasteiger partial charge on any atom is -0.508 e. The van der Waals surface area contributed by atoms with Crippen LogP contribution in [0.15, 0.2) is 72.8 Å². The first-order chi connectivity index (χ1) is 27.6. The number of carbonyl (C=O) groups is 3. The molecule has 0 aromatic heterocycles. The zero-order chi connectivity index (χ0) is 39.4. The van der Waals surface area contributed by atoms with E-state index in [0.29, 0.717) is 53.7 Å². The highest BCUT2D eigenvalue weighted by Crippen LogP contribution is 2.47. The third-order valence-electron chi connectivity index (χ3n) is 12.8. The van der Waals surface area contributed by atoms with Gasteiger partial charge in [-0.25, -0.2) is 8.78 Å². The highest BCUT2D eigenvalue weighted by molar-refractivity contribution is 6.05. The lowest BCUT2D eigenvalue weighted by Gasteiger charge is -2.40. The molecule has 9 rings (SSSR count). The van der Waals surface area contributed by atoms with Crippen molar-refractivity contribution in [2.75, 3.05) is 62.2 Å².